The van der Waals surface area contributed by atoms with Crippen LogP contribution in [0.1, 0.15) is 17.0 Å². The van der Waals surface area contributed by atoms with E-state index >= 15 is 0 Å². The summed E-state index contributed by atoms with van der Waals surface area (Å²) in [4.78, 5) is 19.2. The molecule has 0 amide bonds. The number of hydrogen-bond donors (Lipinski definition) is 1. The number of aromatic nitrogens is 4. The van der Waals surface area contributed by atoms with Crippen LogP contribution in [0.5, 0.6) is 0 Å². The van der Waals surface area contributed by atoms with Crippen LogP contribution in [-0.2, 0) is 5.75 Å². The van der Waals surface area contributed by atoms with Gasteiger partial charge in [-0.25, -0.2) is 4.98 Å². The van der Waals surface area contributed by atoms with E-state index in [4.69, 9.17) is 4.42 Å². The van der Waals surface area contributed by atoms with Crippen molar-refractivity contribution in [3.05, 3.63) is 57.0 Å². The van der Waals surface area contributed by atoms with Crippen molar-refractivity contribution in [2.24, 2.45) is 0 Å². The number of hydrogen-bond acceptors (Lipinski definition) is 7. The Kier molecular flexibility index (Phi) is 4.14. The molecular weight excluding hydrogens is 356 g/mol. The average Bonchev–Trinajstić information content (AvgIpc) is 3.21. The number of nitrogens with one attached hydrogen (secondary N) is 1. The molecule has 1 N–H and O–H groups in total. The van der Waals surface area contributed by atoms with Crippen molar-refractivity contribution in [2.75, 3.05) is 0 Å². The minimum atomic E-state index is -0.114. The summed E-state index contributed by atoms with van der Waals surface area (Å²) >= 11 is 2.73. The van der Waals surface area contributed by atoms with E-state index in [0.29, 0.717) is 32.9 Å². The molecule has 3 aromatic heterocycles. The second kappa shape index (κ2) is 6.45. The standard InChI is InChI=1S/C17H14N4O2S2/c1-9-5-10(2)7-11(6-9)16-20-21-17(23-16)25-8-13-18-12-3-4-24-14(12)15(22)19-13/h3-7H,8H2,1-2H3,(H,18,19,22). The minimum absolute atomic E-state index is 0.114. The van der Waals surface area contributed by atoms with E-state index in [1.54, 1.807) is 0 Å². The highest BCUT2D eigenvalue weighted by Gasteiger charge is 2.12. The summed E-state index contributed by atoms with van der Waals surface area (Å²) in [5, 5.41) is 10.5. The Morgan fingerprint density at radius 1 is 1.20 bits per heavy atom. The SMILES string of the molecule is Cc1cc(C)cc(-c2nnc(SCc3nc4ccsc4c(=O)[nH]3)o2)c1. The molecule has 0 fully saturated rings. The maximum Gasteiger partial charge on any atom is 0.277 e. The molecule has 0 unspecified atom stereocenters. The van der Waals surface area contributed by atoms with Gasteiger partial charge in [-0.05, 0) is 37.4 Å². The minimum Gasteiger partial charge on any atom is -0.411 e. The first-order chi connectivity index (χ1) is 12.1. The molecule has 0 radical (unpaired) electrons. The van der Waals surface area contributed by atoms with Gasteiger partial charge in [0.1, 0.15) is 10.5 Å². The monoisotopic (exact) mass is 370 g/mol. The zero-order chi connectivity index (χ0) is 17.4. The third-order valence-corrected chi connectivity index (χ3v) is 5.30. The van der Waals surface area contributed by atoms with Gasteiger partial charge in [-0.2, -0.15) is 0 Å². The van der Waals surface area contributed by atoms with Crippen LogP contribution in [0.4, 0.5) is 0 Å². The highest BCUT2D eigenvalue weighted by atomic mass is 32.2. The van der Waals surface area contributed by atoms with Gasteiger partial charge < -0.3 is 9.40 Å². The Balaban J connectivity index is 1.53. The number of aromatic amines is 1. The normalized spacial score (nSPS) is 11.3. The van der Waals surface area contributed by atoms with Crippen LogP contribution >= 0.6 is 23.1 Å². The van der Waals surface area contributed by atoms with Gasteiger partial charge in [0, 0.05) is 5.56 Å². The molecule has 0 aliphatic rings. The van der Waals surface area contributed by atoms with Gasteiger partial charge in [-0.1, -0.05) is 29.0 Å². The Labute approximate surface area is 151 Å². The maximum atomic E-state index is 12.0. The van der Waals surface area contributed by atoms with E-state index in [1.165, 1.54) is 23.1 Å². The van der Waals surface area contributed by atoms with Crippen LogP contribution in [0.2, 0.25) is 0 Å². The summed E-state index contributed by atoms with van der Waals surface area (Å²) in [6.45, 7) is 4.07. The number of nitrogens with zero attached hydrogens (tertiary/aromatic N) is 3. The van der Waals surface area contributed by atoms with E-state index in [9.17, 15) is 4.79 Å². The first-order valence-electron chi connectivity index (χ1n) is 7.60. The van der Waals surface area contributed by atoms with Gasteiger partial charge in [0.2, 0.25) is 5.89 Å². The largest absolute Gasteiger partial charge is 0.411 e. The lowest BCUT2D eigenvalue weighted by molar-refractivity contribution is 0.465. The smallest absolute Gasteiger partial charge is 0.277 e. The number of rotatable bonds is 4. The quantitative estimate of drug-likeness (QED) is 0.548. The van der Waals surface area contributed by atoms with Crippen LogP contribution < -0.4 is 5.56 Å². The summed E-state index contributed by atoms with van der Waals surface area (Å²) in [6, 6.07) is 7.96. The van der Waals surface area contributed by atoms with Crippen LogP contribution in [0, 0.1) is 13.8 Å². The molecule has 0 atom stereocenters. The lowest BCUT2D eigenvalue weighted by Crippen LogP contribution is -2.09. The number of benzene rings is 1. The third-order valence-electron chi connectivity index (χ3n) is 3.57. The number of thioether (sulfide) groups is 1. The van der Waals surface area contributed by atoms with Gasteiger partial charge >= 0.3 is 0 Å². The van der Waals surface area contributed by atoms with Gasteiger partial charge in [-0.3, -0.25) is 4.79 Å². The second-order valence-electron chi connectivity index (χ2n) is 5.69. The Bertz CT molecular complexity index is 1090. The molecule has 8 heteroatoms. The fourth-order valence-electron chi connectivity index (χ4n) is 2.60. The summed E-state index contributed by atoms with van der Waals surface area (Å²) in [7, 11) is 0. The number of thiophene rings is 1. The van der Waals surface area contributed by atoms with Crippen molar-refractivity contribution < 1.29 is 4.42 Å². The first kappa shape index (κ1) is 16.0. The number of fused-ring (bicyclic) bond motifs is 1. The molecule has 4 aromatic rings. The molecule has 126 valence electrons. The van der Waals surface area contributed by atoms with Crippen LogP contribution in [0.25, 0.3) is 21.7 Å². The molecule has 6 nitrogen and oxygen atoms in total. The highest BCUT2D eigenvalue weighted by Crippen LogP contribution is 2.26. The zero-order valence-electron chi connectivity index (χ0n) is 13.6. The van der Waals surface area contributed by atoms with Crippen molar-refractivity contribution in [2.45, 2.75) is 24.8 Å². The predicted molar refractivity (Wildman–Crippen MR) is 99.0 cm³/mol. The molecule has 0 aliphatic heterocycles. The average molecular weight is 370 g/mol. The van der Waals surface area contributed by atoms with Crippen molar-refractivity contribution in [3.8, 4) is 11.5 Å². The van der Waals surface area contributed by atoms with Crippen molar-refractivity contribution in [1.82, 2.24) is 20.2 Å². The maximum absolute atomic E-state index is 12.0. The summed E-state index contributed by atoms with van der Waals surface area (Å²) in [6.07, 6.45) is 0. The lowest BCUT2D eigenvalue weighted by Gasteiger charge is -2.00. The van der Waals surface area contributed by atoms with Crippen molar-refractivity contribution in [3.63, 3.8) is 0 Å². The fraction of sp³-hybridized carbons (Fsp3) is 0.176. The Morgan fingerprint density at radius 3 is 2.80 bits per heavy atom. The van der Waals surface area contributed by atoms with Gasteiger partial charge in [0.15, 0.2) is 0 Å². The first-order valence-corrected chi connectivity index (χ1v) is 9.46. The van der Waals surface area contributed by atoms with E-state index in [2.05, 4.69) is 26.2 Å². The topological polar surface area (TPSA) is 84.7 Å². The van der Waals surface area contributed by atoms with Gasteiger partial charge in [-0.15, -0.1) is 21.5 Å². The van der Waals surface area contributed by atoms with E-state index in [1.807, 2.05) is 37.4 Å². The molecular formula is C17H14N4O2S2. The molecule has 4 rings (SSSR count). The summed E-state index contributed by atoms with van der Waals surface area (Å²) in [5.74, 6) is 1.53. The molecule has 0 saturated heterocycles. The molecule has 25 heavy (non-hydrogen) atoms. The zero-order valence-corrected chi connectivity index (χ0v) is 15.2. The van der Waals surface area contributed by atoms with Crippen molar-refractivity contribution in [1.29, 1.82) is 0 Å². The van der Waals surface area contributed by atoms with Crippen LogP contribution in [-0.4, -0.2) is 20.2 Å². The number of H-pyrrole nitrogens is 1. The van der Waals surface area contributed by atoms with Gasteiger partial charge in [0.25, 0.3) is 10.8 Å². The van der Waals surface area contributed by atoms with Gasteiger partial charge in [0.05, 0.1) is 11.3 Å². The Morgan fingerprint density at radius 2 is 2.00 bits per heavy atom. The molecule has 0 aliphatic carbocycles. The van der Waals surface area contributed by atoms with Crippen molar-refractivity contribution >= 4 is 33.3 Å². The second-order valence-corrected chi connectivity index (χ2v) is 7.53. The summed E-state index contributed by atoms with van der Waals surface area (Å²) in [5.41, 5.74) is 3.80. The predicted octanol–water partition coefficient (Wildman–Crippen LogP) is 3.94. The Hall–Kier alpha value is -2.45. The molecule has 0 saturated carbocycles. The van der Waals surface area contributed by atoms with E-state index in [0.717, 1.165) is 16.7 Å². The molecule has 0 spiro atoms. The number of aryl methyl sites for hydroxylation is 2. The fourth-order valence-corrected chi connectivity index (χ4v) is 3.96. The molecule has 3 heterocycles. The molecule has 1 aromatic carbocycles. The van der Waals surface area contributed by atoms with Crippen LogP contribution in [0.3, 0.4) is 0 Å². The lowest BCUT2D eigenvalue weighted by atomic mass is 10.1. The van der Waals surface area contributed by atoms with E-state index < -0.39 is 0 Å². The van der Waals surface area contributed by atoms with Crippen LogP contribution in [0.15, 0.2) is 44.1 Å². The highest BCUT2D eigenvalue weighted by molar-refractivity contribution is 7.98. The van der Waals surface area contributed by atoms with E-state index in [-0.39, 0.29) is 5.56 Å². The third kappa shape index (κ3) is 3.35. The summed E-state index contributed by atoms with van der Waals surface area (Å²) < 4.78 is 6.37. The molecule has 0 bridgehead atoms.